The van der Waals surface area contributed by atoms with E-state index in [9.17, 15) is 14.7 Å². The number of rotatable bonds is 3. The molecule has 2 aliphatic rings. The molecule has 7 nitrogen and oxygen atoms in total. The van der Waals surface area contributed by atoms with E-state index in [1.54, 1.807) is 16.7 Å². The van der Waals surface area contributed by atoms with Gasteiger partial charge in [-0.3, -0.25) is 4.79 Å². The first-order chi connectivity index (χ1) is 9.73. The van der Waals surface area contributed by atoms with Crippen LogP contribution in [0.5, 0.6) is 0 Å². The van der Waals surface area contributed by atoms with E-state index in [-0.39, 0.29) is 24.7 Å². The number of carbonyl (C=O) groups excluding carboxylic acids is 1. The number of likely N-dealkylation sites (tertiary alicyclic amines) is 1. The number of aliphatic hydroxyl groups is 1. The first-order valence-corrected chi connectivity index (χ1v) is 7.29. The van der Waals surface area contributed by atoms with Crippen molar-refractivity contribution < 1.29 is 24.5 Å². The van der Waals surface area contributed by atoms with Gasteiger partial charge in [0.15, 0.2) is 0 Å². The van der Waals surface area contributed by atoms with Crippen LogP contribution in [-0.4, -0.2) is 76.5 Å². The summed E-state index contributed by atoms with van der Waals surface area (Å²) in [5, 5.41) is 18.2. The fraction of sp³-hybridized carbons (Fsp3) is 0.857. The van der Waals surface area contributed by atoms with Crippen LogP contribution >= 0.6 is 0 Å². The summed E-state index contributed by atoms with van der Waals surface area (Å²) in [6.45, 7) is 7.13. The molecule has 2 aliphatic heterocycles. The number of nitrogens with zero attached hydrogens (tertiary/aromatic N) is 2. The second kappa shape index (κ2) is 5.81. The number of morpholine rings is 1. The van der Waals surface area contributed by atoms with Crippen molar-refractivity contribution in [1.82, 2.24) is 9.80 Å². The zero-order valence-electron chi connectivity index (χ0n) is 12.8. The highest BCUT2D eigenvalue weighted by Crippen LogP contribution is 2.27. The maximum atomic E-state index is 12.4. The summed E-state index contributed by atoms with van der Waals surface area (Å²) >= 11 is 0. The van der Waals surface area contributed by atoms with E-state index in [2.05, 4.69) is 0 Å². The fourth-order valence-corrected chi connectivity index (χ4v) is 2.92. The molecule has 2 rings (SSSR count). The lowest BCUT2D eigenvalue weighted by Crippen LogP contribution is -2.62. The Bertz CT molecular complexity index is 420. The Labute approximate surface area is 124 Å². The first-order valence-electron chi connectivity index (χ1n) is 7.29. The average molecular weight is 300 g/mol. The van der Waals surface area contributed by atoms with Crippen molar-refractivity contribution in [2.45, 2.75) is 32.5 Å². The highest BCUT2D eigenvalue weighted by atomic mass is 16.5. The van der Waals surface area contributed by atoms with Crippen LogP contribution < -0.4 is 0 Å². The maximum Gasteiger partial charge on any atom is 0.320 e. The van der Waals surface area contributed by atoms with Crippen molar-refractivity contribution in [3.05, 3.63) is 0 Å². The lowest BCUT2D eigenvalue weighted by Gasteiger charge is -2.47. The SMILES string of the molecule is CC(C(=O)O)C1CN(C(=O)N2CC(CO)OC(C)(C)C2)C1. The van der Waals surface area contributed by atoms with Crippen molar-refractivity contribution in [3.63, 3.8) is 0 Å². The van der Waals surface area contributed by atoms with Crippen molar-refractivity contribution in [1.29, 1.82) is 0 Å². The van der Waals surface area contributed by atoms with E-state index in [0.29, 0.717) is 26.2 Å². The van der Waals surface area contributed by atoms with Gasteiger partial charge in [0, 0.05) is 19.0 Å². The number of carbonyl (C=O) groups is 2. The van der Waals surface area contributed by atoms with Gasteiger partial charge in [-0.15, -0.1) is 0 Å². The fourth-order valence-electron chi connectivity index (χ4n) is 2.92. The summed E-state index contributed by atoms with van der Waals surface area (Å²) in [5.74, 6) is -1.23. The van der Waals surface area contributed by atoms with Crippen LogP contribution in [0, 0.1) is 11.8 Å². The lowest BCUT2D eigenvalue weighted by atomic mass is 9.87. The number of aliphatic hydroxyl groups excluding tert-OH is 1. The number of hydrogen-bond donors (Lipinski definition) is 2. The molecule has 2 saturated heterocycles. The molecular formula is C14H24N2O5. The minimum Gasteiger partial charge on any atom is -0.481 e. The predicted molar refractivity (Wildman–Crippen MR) is 74.9 cm³/mol. The number of carboxylic acid groups (broad SMARTS) is 1. The van der Waals surface area contributed by atoms with Gasteiger partial charge in [0.1, 0.15) is 0 Å². The second-order valence-electron chi connectivity index (χ2n) is 6.64. The highest BCUT2D eigenvalue weighted by molar-refractivity contribution is 5.76. The number of carboxylic acids is 1. The third kappa shape index (κ3) is 3.47. The molecule has 0 aromatic rings. The van der Waals surface area contributed by atoms with Gasteiger partial charge in [0.05, 0.1) is 37.3 Å². The van der Waals surface area contributed by atoms with Crippen molar-refractivity contribution in [3.8, 4) is 0 Å². The van der Waals surface area contributed by atoms with Gasteiger partial charge in [-0.05, 0) is 13.8 Å². The van der Waals surface area contributed by atoms with E-state index < -0.39 is 17.5 Å². The monoisotopic (exact) mass is 300 g/mol. The molecule has 2 unspecified atom stereocenters. The van der Waals surface area contributed by atoms with Gasteiger partial charge in [0.2, 0.25) is 0 Å². The molecular weight excluding hydrogens is 276 g/mol. The summed E-state index contributed by atoms with van der Waals surface area (Å²) in [6.07, 6.45) is -0.368. The molecule has 2 atom stereocenters. The molecule has 120 valence electrons. The molecule has 0 bridgehead atoms. The van der Waals surface area contributed by atoms with E-state index in [4.69, 9.17) is 9.84 Å². The van der Waals surface area contributed by atoms with Crippen molar-refractivity contribution in [2.75, 3.05) is 32.8 Å². The van der Waals surface area contributed by atoms with Crippen LogP contribution in [0.1, 0.15) is 20.8 Å². The van der Waals surface area contributed by atoms with E-state index >= 15 is 0 Å². The highest BCUT2D eigenvalue weighted by Gasteiger charge is 2.42. The smallest absolute Gasteiger partial charge is 0.320 e. The summed E-state index contributed by atoms with van der Waals surface area (Å²) in [7, 11) is 0. The Balaban J connectivity index is 1.91. The summed E-state index contributed by atoms with van der Waals surface area (Å²) < 4.78 is 5.69. The molecule has 2 amide bonds. The molecule has 21 heavy (non-hydrogen) atoms. The van der Waals surface area contributed by atoms with Crippen molar-refractivity contribution in [2.24, 2.45) is 11.8 Å². The number of aliphatic carboxylic acids is 1. The number of amides is 2. The van der Waals surface area contributed by atoms with Crippen molar-refractivity contribution >= 4 is 12.0 Å². The van der Waals surface area contributed by atoms with Crippen LogP contribution in [0.3, 0.4) is 0 Å². The lowest BCUT2D eigenvalue weighted by molar-refractivity contribution is -0.147. The Morgan fingerprint density at radius 2 is 1.90 bits per heavy atom. The van der Waals surface area contributed by atoms with Gasteiger partial charge in [-0.25, -0.2) is 4.79 Å². The molecule has 0 radical (unpaired) electrons. The third-order valence-corrected chi connectivity index (χ3v) is 4.23. The van der Waals surface area contributed by atoms with E-state index in [1.165, 1.54) is 0 Å². The minimum atomic E-state index is -0.819. The standard InChI is InChI=1S/C14H24N2O5/c1-9(12(18)19)10-4-15(5-10)13(20)16-6-11(7-17)21-14(2,3)8-16/h9-11,17H,4-8H2,1-3H3,(H,18,19). The van der Waals surface area contributed by atoms with Crippen LogP contribution in [-0.2, 0) is 9.53 Å². The normalized spacial score (nSPS) is 27.1. The van der Waals surface area contributed by atoms with E-state index in [0.717, 1.165) is 0 Å². The average Bonchev–Trinajstić information content (AvgIpc) is 2.34. The summed E-state index contributed by atoms with van der Waals surface area (Å²) in [4.78, 5) is 26.7. The van der Waals surface area contributed by atoms with Gasteiger partial charge in [-0.1, -0.05) is 6.92 Å². The number of ether oxygens (including phenoxy) is 1. The molecule has 7 heteroatoms. The van der Waals surface area contributed by atoms with Gasteiger partial charge < -0.3 is 24.7 Å². The molecule has 0 spiro atoms. The minimum absolute atomic E-state index is 0.0224. The molecule has 0 aromatic carbocycles. The number of urea groups is 1. The topological polar surface area (TPSA) is 90.3 Å². The Morgan fingerprint density at radius 3 is 2.43 bits per heavy atom. The molecule has 2 N–H and O–H groups in total. The largest absolute Gasteiger partial charge is 0.481 e. The van der Waals surface area contributed by atoms with Crippen LogP contribution in [0.4, 0.5) is 4.79 Å². The Morgan fingerprint density at radius 1 is 1.29 bits per heavy atom. The van der Waals surface area contributed by atoms with Crippen LogP contribution in [0.2, 0.25) is 0 Å². The summed E-state index contributed by atoms with van der Waals surface area (Å²) in [5.41, 5.74) is -0.486. The quantitative estimate of drug-likeness (QED) is 0.779. The first kappa shape index (κ1) is 16.0. The molecule has 2 heterocycles. The second-order valence-corrected chi connectivity index (χ2v) is 6.64. The molecule has 0 aliphatic carbocycles. The Hall–Kier alpha value is -1.34. The van der Waals surface area contributed by atoms with E-state index in [1.807, 2.05) is 13.8 Å². The van der Waals surface area contributed by atoms with Gasteiger partial charge in [-0.2, -0.15) is 0 Å². The number of hydrogen-bond acceptors (Lipinski definition) is 4. The van der Waals surface area contributed by atoms with Crippen LogP contribution in [0.25, 0.3) is 0 Å². The Kier molecular flexibility index (Phi) is 4.43. The zero-order chi connectivity index (χ0) is 15.8. The molecule has 0 saturated carbocycles. The van der Waals surface area contributed by atoms with Gasteiger partial charge in [0.25, 0.3) is 0 Å². The maximum absolute atomic E-state index is 12.4. The summed E-state index contributed by atoms with van der Waals surface area (Å²) in [6, 6.07) is -0.0985. The zero-order valence-corrected chi connectivity index (χ0v) is 12.8. The molecule has 0 aromatic heterocycles. The third-order valence-electron chi connectivity index (χ3n) is 4.23. The molecule has 2 fully saturated rings. The predicted octanol–water partition coefficient (Wildman–Crippen LogP) is 0.231. The van der Waals surface area contributed by atoms with Crippen LogP contribution in [0.15, 0.2) is 0 Å². The van der Waals surface area contributed by atoms with Gasteiger partial charge >= 0.3 is 12.0 Å².